The van der Waals surface area contributed by atoms with Crippen LogP contribution in [0.4, 0.5) is 0 Å². The Kier molecular flexibility index (Phi) is 2.89. The Morgan fingerprint density at radius 3 is 2.31 bits per heavy atom. The van der Waals surface area contributed by atoms with Gasteiger partial charge in [0, 0.05) is 19.1 Å². The van der Waals surface area contributed by atoms with Gasteiger partial charge in [-0.25, -0.2) is 0 Å². The van der Waals surface area contributed by atoms with Crippen molar-refractivity contribution in [3.63, 3.8) is 0 Å². The highest BCUT2D eigenvalue weighted by molar-refractivity contribution is 4.84. The fraction of sp³-hybridized carbons (Fsp3) is 1.00. The number of aliphatic hydroxyl groups excluding tert-OH is 1. The van der Waals surface area contributed by atoms with Gasteiger partial charge in [0.1, 0.15) is 0 Å². The molecule has 13 heavy (non-hydrogen) atoms. The third-order valence-electron chi connectivity index (χ3n) is 3.70. The quantitative estimate of drug-likeness (QED) is 0.668. The van der Waals surface area contributed by atoms with Crippen LogP contribution in [-0.2, 0) is 0 Å². The van der Waals surface area contributed by atoms with Gasteiger partial charge in [-0.2, -0.15) is 0 Å². The van der Waals surface area contributed by atoms with Crippen molar-refractivity contribution in [2.45, 2.75) is 51.2 Å². The molecule has 1 unspecified atom stereocenters. The molecular formula is C11H21NO. The van der Waals surface area contributed by atoms with Gasteiger partial charge in [-0.05, 0) is 38.0 Å². The van der Waals surface area contributed by atoms with E-state index in [2.05, 4.69) is 11.8 Å². The first-order valence-corrected chi connectivity index (χ1v) is 5.68. The van der Waals surface area contributed by atoms with Gasteiger partial charge in [-0.15, -0.1) is 0 Å². The molecule has 0 radical (unpaired) electrons. The normalized spacial score (nSPS) is 42.5. The van der Waals surface area contributed by atoms with Crippen LogP contribution in [0.25, 0.3) is 0 Å². The molecule has 1 saturated heterocycles. The summed E-state index contributed by atoms with van der Waals surface area (Å²) in [6, 6.07) is 0.786. The largest absolute Gasteiger partial charge is 0.392 e. The summed E-state index contributed by atoms with van der Waals surface area (Å²) < 4.78 is 0. The Balaban J connectivity index is 1.81. The lowest BCUT2D eigenvalue weighted by Crippen LogP contribution is -2.36. The van der Waals surface area contributed by atoms with Gasteiger partial charge in [0.2, 0.25) is 0 Å². The van der Waals surface area contributed by atoms with Gasteiger partial charge in [-0.1, -0.05) is 6.92 Å². The van der Waals surface area contributed by atoms with E-state index in [-0.39, 0.29) is 6.10 Å². The van der Waals surface area contributed by atoms with Gasteiger partial charge in [-0.3, -0.25) is 4.90 Å². The van der Waals surface area contributed by atoms with Gasteiger partial charge in [0.25, 0.3) is 0 Å². The number of likely N-dealkylation sites (tertiary alicyclic amines) is 1. The summed E-state index contributed by atoms with van der Waals surface area (Å²) in [5, 5.41) is 9.44. The van der Waals surface area contributed by atoms with Crippen LogP contribution >= 0.6 is 0 Å². The number of β-amino-alcohol motifs (C(OH)–C–C–N with tert-alkyl or cyclic N) is 1. The zero-order valence-corrected chi connectivity index (χ0v) is 8.58. The van der Waals surface area contributed by atoms with Crippen LogP contribution in [0.2, 0.25) is 0 Å². The number of nitrogens with zero attached hydrogens (tertiary/aromatic N) is 1. The Labute approximate surface area is 80.9 Å². The Morgan fingerprint density at radius 2 is 1.77 bits per heavy atom. The molecule has 1 heterocycles. The molecule has 2 nitrogen and oxygen atoms in total. The minimum absolute atomic E-state index is 0.0423. The third kappa shape index (κ3) is 2.23. The average molecular weight is 183 g/mol. The highest BCUT2D eigenvalue weighted by Gasteiger charge is 2.29. The molecule has 1 N–H and O–H groups in total. The maximum absolute atomic E-state index is 9.44. The van der Waals surface area contributed by atoms with Crippen LogP contribution in [-0.4, -0.2) is 35.2 Å². The van der Waals surface area contributed by atoms with Crippen molar-refractivity contribution in [3.05, 3.63) is 0 Å². The maximum Gasteiger partial charge on any atom is 0.0679 e. The molecule has 2 aliphatic rings. The molecular weight excluding hydrogens is 162 g/mol. The predicted molar refractivity (Wildman–Crippen MR) is 53.6 cm³/mol. The molecule has 2 fully saturated rings. The molecule has 0 aromatic heterocycles. The van der Waals surface area contributed by atoms with E-state index in [1.54, 1.807) is 0 Å². The molecule has 2 heteroatoms. The van der Waals surface area contributed by atoms with Crippen molar-refractivity contribution in [1.29, 1.82) is 0 Å². The van der Waals surface area contributed by atoms with Crippen molar-refractivity contribution in [1.82, 2.24) is 4.90 Å². The average Bonchev–Trinajstić information content (AvgIpc) is 2.53. The topological polar surface area (TPSA) is 23.5 Å². The van der Waals surface area contributed by atoms with Crippen molar-refractivity contribution in [2.75, 3.05) is 13.1 Å². The molecule has 0 bridgehead atoms. The standard InChI is InChI=1S/C11H21NO/c1-9-2-4-10(5-3-9)12-7-6-11(13)8-12/h9-11,13H,2-8H2,1H3. The van der Waals surface area contributed by atoms with Crippen LogP contribution in [0.3, 0.4) is 0 Å². The number of aliphatic hydroxyl groups is 1. The van der Waals surface area contributed by atoms with E-state index in [0.29, 0.717) is 0 Å². The summed E-state index contributed by atoms with van der Waals surface area (Å²) in [7, 11) is 0. The van der Waals surface area contributed by atoms with Gasteiger partial charge in [0.15, 0.2) is 0 Å². The SMILES string of the molecule is CC1CCC(N2CCC(O)C2)CC1. The predicted octanol–water partition coefficient (Wildman–Crippen LogP) is 1.63. The summed E-state index contributed by atoms with van der Waals surface area (Å²) in [6.07, 6.45) is 6.43. The van der Waals surface area contributed by atoms with Crippen LogP contribution < -0.4 is 0 Å². The van der Waals surface area contributed by atoms with Crippen molar-refractivity contribution in [2.24, 2.45) is 5.92 Å². The zero-order chi connectivity index (χ0) is 9.26. The van der Waals surface area contributed by atoms with E-state index < -0.39 is 0 Å². The van der Waals surface area contributed by atoms with Crippen LogP contribution in [0.5, 0.6) is 0 Å². The lowest BCUT2D eigenvalue weighted by Gasteiger charge is -2.33. The fourth-order valence-corrected chi connectivity index (χ4v) is 2.71. The third-order valence-corrected chi connectivity index (χ3v) is 3.70. The van der Waals surface area contributed by atoms with Crippen LogP contribution in [0.15, 0.2) is 0 Å². The van der Waals surface area contributed by atoms with E-state index >= 15 is 0 Å². The molecule has 1 aliphatic heterocycles. The van der Waals surface area contributed by atoms with Crippen LogP contribution in [0.1, 0.15) is 39.0 Å². The van der Waals surface area contributed by atoms with E-state index in [1.807, 2.05) is 0 Å². The lowest BCUT2D eigenvalue weighted by molar-refractivity contribution is 0.133. The molecule has 76 valence electrons. The molecule has 1 saturated carbocycles. The maximum atomic E-state index is 9.44. The second-order valence-corrected chi connectivity index (χ2v) is 4.85. The summed E-state index contributed by atoms with van der Waals surface area (Å²) in [6.45, 7) is 4.41. The van der Waals surface area contributed by atoms with Gasteiger partial charge < -0.3 is 5.11 Å². The van der Waals surface area contributed by atoms with Gasteiger partial charge in [0.05, 0.1) is 6.10 Å². The molecule has 1 aliphatic carbocycles. The highest BCUT2D eigenvalue weighted by atomic mass is 16.3. The Hall–Kier alpha value is -0.0800. The second-order valence-electron chi connectivity index (χ2n) is 4.85. The summed E-state index contributed by atoms with van der Waals surface area (Å²) in [5.74, 6) is 0.934. The number of hydrogen-bond donors (Lipinski definition) is 1. The van der Waals surface area contributed by atoms with Gasteiger partial charge >= 0.3 is 0 Å². The molecule has 1 atom stereocenters. The molecule has 0 spiro atoms. The van der Waals surface area contributed by atoms with Crippen molar-refractivity contribution < 1.29 is 5.11 Å². The Morgan fingerprint density at radius 1 is 1.08 bits per heavy atom. The molecule has 2 rings (SSSR count). The second kappa shape index (κ2) is 3.97. The van der Waals surface area contributed by atoms with E-state index in [9.17, 15) is 5.11 Å². The minimum atomic E-state index is -0.0423. The van der Waals surface area contributed by atoms with E-state index in [0.717, 1.165) is 31.5 Å². The molecule has 0 amide bonds. The van der Waals surface area contributed by atoms with Crippen molar-refractivity contribution >= 4 is 0 Å². The van der Waals surface area contributed by atoms with E-state index in [4.69, 9.17) is 0 Å². The monoisotopic (exact) mass is 183 g/mol. The smallest absolute Gasteiger partial charge is 0.0679 e. The number of rotatable bonds is 1. The first-order chi connectivity index (χ1) is 6.25. The summed E-state index contributed by atoms with van der Waals surface area (Å²) in [5.41, 5.74) is 0. The fourth-order valence-electron chi connectivity index (χ4n) is 2.71. The van der Waals surface area contributed by atoms with Crippen molar-refractivity contribution in [3.8, 4) is 0 Å². The molecule has 0 aromatic carbocycles. The van der Waals surface area contributed by atoms with Crippen LogP contribution in [0, 0.1) is 5.92 Å². The Bertz CT molecular complexity index is 163. The highest BCUT2D eigenvalue weighted by Crippen LogP contribution is 2.28. The first kappa shape index (κ1) is 9.47. The zero-order valence-electron chi connectivity index (χ0n) is 8.58. The summed E-state index contributed by atoms with van der Waals surface area (Å²) in [4.78, 5) is 2.50. The number of hydrogen-bond acceptors (Lipinski definition) is 2. The lowest BCUT2D eigenvalue weighted by atomic mass is 9.87. The van der Waals surface area contributed by atoms with E-state index in [1.165, 1.54) is 25.7 Å². The molecule has 0 aromatic rings. The first-order valence-electron chi connectivity index (χ1n) is 5.68. The minimum Gasteiger partial charge on any atom is -0.392 e. The summed E-state index contributed by atoms with van der Waals surface area (Å²) >= 11 is 0.